The van der Waals surface area contributed by atoms with Gasteiger partial charge in [0.1, 0.15) is 6.10 Å². The van der Waals surface area contributed by atoms with Gasteiger partial charge in [-0.2, -0.15) is 0 Å². The molecule has 0 aromatic heterocycles. The van der Waals surface area contributed by atoms with Crippen molar-refractivity contribution in [3.8, 4) is 0 Å². The van der Waals surface area contributed by atoms with Gasteiger partial charge >= 0.3 is 0 Å². The van der Waals surface area contributed by atoms with Gasteiger partial charge < -0.3 is 9.64 Å². The zero-order chi connectivity index (χ0) is 10.1. The lowest BCUT2D eigenvalue weighted by Crippen LogP contribution is -2.48. The fourth-order valence-electron chi connectivity index (χ4n) is 1.77. The fourth-order valence-corrected chi connectivity index (χ4v) is 1.77. The molecule has 3 nitrogen and oxygen atoms in total. The lowest BCUT2D eigenvalue weighted by Gasteiger charge is -2.45. The first-order valence-electron chi connectivity index (χ1n) is 4.48. The summed E-state index contributed by atoms with van der Waals surface area (Å²) in [4.78, 5) is 12.4. The topological polar surface area (TPSA) is 29.5 Å². The number of carbonyl (C=O) groups excluding carboxylic acids is 1. The summed E-state index contributed by atoms with van der Waals surface area (Å²) >= 11 is 0. The molecule has 0 aliphatic carbocycles. The second-order valence-electron chi connectivity index (χ2n) is 4.20. The van der Waals surface area contributed by atoms with Gasteiger partial charge in [-0.05, 0) is 13.8 Å². The molecule has 0 radical (unpaired) electrons. The van der Waals surface area contributed by atoms with Gasteiger partial charge in [0.15, 0.2) is 0 Å². The van der Waals surface area contributed by atoms with E-state index in [1.54, 1.807) is 0 Å². The van der Waals surface area contributed by atoms with Gasteiger partial charge in [0.2, 0.25) is 0 Å². The number of hydrogen-bond donors (Lipinski definition) is 0. The normalized spacial score (nSPS) is 27.2. The highest BCUT2D eigenvalue weighted by Gasteiger charge is 2.34. The van der Waals surface area contributed by atoms with Crippen molar-refractivity contribution in [2.45, 2.75) is 38.3 Å². The van der Waals surface area contributed by atoms with E-state index >= 15 is 0 Å². The number of hydrogen-bond acceptors (Lipinski definition) is 3. The van der Waals surface area contributed by atoms with Crippen LogP contribution in [-0.4, -0.2) is 30.1 Å². The number of carbonyl (C=O) groups is 1. The molecule has 0 aromatic rings. The number of ether oxygens (including phenoxy) is 1. The van der Waals surface area contributed by atoms with Gasteiger partial charge in [-0.1, -0.05) is 6.58 Å². The second-order valence-corrected chi connectivity index (χ2v) is 4.20. The van der Waals surface area contributed by atoms with Crippen LogP contribution in [-0.2, 0) is 9.53 Å². The lowest BCUT2D eigenvalue weighted by atomic mass is 9.87. The van der Waals surface area contributed by atoms with E-state index in [9.17, 15) is 4.79 Å². The smallest absolute Gasteiger partial charge is 0.293 e. The van der Waals surface area contributed by atoms with E-state index in [2.05, 4.69) is 25.3 Å². The van der Waals surface area contributed by atoms with Crippen LogP contribution >= 0.6 is 0 Å². The van der Waals surface area contributed by atoms with Crippen molar-refractivity contribution in [3.05, 3.63) is 12.3 Å². The van der Waals surface area contributed by atoms with Gasteiger partial charge in [-0.15, -0.1) is 0 Å². The Kier molecular flexibility index (Phi) is 2.64. The minimum absolute atomic E-state index is 0.00352. The summed E-state index contributed by atoms with van der Waals surface area (Å²) in [5.74, 6) is 0. The summed E-state index contributed by atoms with van der Waals surface area (Å²) in [6, 6.07) is 0. The fraction of sp³-hybridized carbons (Fsp3) is 0.700. The van der Waals surface area contributed by atoms with Crippen LogP contribution in [0.3, 0.4) is 0 Å². The van der Waals surface area contributed by atoms with Crippen LogP contribution in [0, 0.1) is 0 Å². The Labute approximate surface area is 79.4 Å². The molecule has 1 atom stereocenters. The van der Waals surface area contributed by atoms with Gasteiger partial charge in [-0.25, -0.2) is 0 Å². The van der Waals surface area contributed by atoms with Crippen molar-refractivity contribution in [2.75, 3.05) is 7.05 Å². The van der Waals surface area contributed by atoms with Gasteiger partial charge in [-0.3, -0.25) is 4.79 Å². The molecule has 0 spiro atoms. The van der Waals surface area contributed by atoms with E-state index in [4.69, 9.17) is 4.74 Å². The molecule has 0 N–H and O–H groups in total. The molecule has 0 bridgehead atoms. The van der Waals surface area contributed by atoms with Crippen molar-refractivity contribution >= 4 is 6.47 Å². The Morgan fingerprint density at radius 1 is 1.69 bits per heavy atom. The van der Waals surface area contributed by atoms with Crippen molar-refractivity contribution in [2.24, 2.45) is 0 Å². The molecule has 1 saturated heterocycles. The minimum Gasteiger partial charge on any atom is -0.464 e. The number of piperidine rings is 1. The molecule has 13 heavy (non-hydrogen) atoms. The van der Waals surface area contributed by atoms with Crippen LogP contribution in [0.5, 0.6) is 0 Å². The molecule has 1 unspecified atom stereocenters. The first kappa shape index (κ1) is 10.1. The maximum absolute atomic E-state index is 10.2. The van der Waals surface area contributed by atoms with Crippen LogP contribution in [0.25, 0.3) is 0 Å². The Morgan fingerprint density at radius 2 is 2.31 bits per heavy atom. The van der Waals surface area contributed by atoms with Crippen molar-refractivity contribution in [3.63, 3.8) is 0 Å². The highest BCUT2D eigenvalue weighted by molar-refractivity contribution is 5.37. The zero-order valence-electron chi connectivity index (χ0n) is 8.54. The van der Waals surface area contributed by atoms with E-state index in [0.29, 0.717) is 6.47 Å². The molecule has 1 rings (SSSR count). The summed E-state index contributed by atoms with van der Waals surface area (Å²) in [5, 5.41) is 0. The van der Waals surface area contributed by atoms with Crippen LogP contribution in [0.15, 0.2) is 12.3 Å². The lowest BCUT2D eigenvalue weighted by molar-refractivity contribution is -0.136. The SMILES string of the molecule is C=C1CC(OC=O)CC(C)(C)N1C. The predicted octanol–water partition coefficient (Wildman–Crippen LogP) is 1.55. The number of rotatable bonds is 2. The average molecular weight is 183 g/mol. The summed E-state index contributed by atoms with van der Waals surface area (Å²) in [6.45, 7) is 8.73. The van der Waals surface area contributed by atoms with E-state index < -0.39 is 0 Å². The monoisotopic (exact) mass is 183 g/mol. The number of nitrogens with zero attached hydrogens (tertiary/aromatic N) is 1. The second kappa shape index (κ2) is 3.40. The molecule has 74 valence electrons. The molecule has 0 aromatic carbocycles. The highest BCUT2D eigenvalue weighted by atomic mass is 16.5. The van der Waals surface area contributed by atoms with Crippen LogP contribution < -0.4 is 0 Å². The summed E-state index contributed by atoms with van der Waals surface area (Å²) < 4.78 is 4.97. The van der Waals surface area contributed by atoms with Gasteiger partial charge in [0.05, 0.1) is 0 Å². The first-order valence-corrected chi connectivity index (χ1v) is 4.48. The maximum Gasteiger partial charge on any atom is 0.293 e. The molecule has 3 heteroatoms. The molecule has 1 aliphatic heterocycles. The first-order chi connectivity index (χ1) is 5.97. The van der Waals surface area contributed by atoms with E-state index in [1.807, 2.05) is 7.05 Å². The Balaban J connectivity index is 2.69. The summed E-state index contributed by atoms with van der Waals surface area (Å²) in [6.07, 6.45) is 1.61. The Hall–Kier alpha value is -0.990. The van der Waals surface area contributed by atoms with Gasteiger partial charge in [0, 0.05) is 31.1 Å². The Morgan fingerprint density at radius 3 is 2.77 bits per heavy atom. The molecule has 0 amide bonds. The molecular formula is C10H17NO2. The summed E-state index contributed by atoms with van der Waals surface area (Å²) in [7, 11) is 2.03. The third-order valence-electron chi connectivity index (χ3n) is 2.82. The predicted molar refractivity (Wildman–Crippen MR) is 51.2 cm³/mol. The minimum atomic E-state index is -0.00352. The van der Waals surface area contributed by atoms with Crippen LogP contribution in [0.4, 0.5) is 0 Å². The van der Waals surface area contributed by atoms with Crippen molar-refractivity contribution < 1.29 is 9.53 Å². The van der Waals surface area contributed by atoms with Crippen LogP contribution in [0.1, 0.15) is 26.7 Å². The summed E-state index contributed by atoms with van der Waals surface area (Å²) in [5.41, 5.74) is 1.06. The van der Waals surface area contributed by atoms with E-state index in [0.717, 1.165) is 18.5 Å². The number of likely N-dealkylation sites (tertiary alicyclic amines) is 1. The standard InChI is InChI=1S/C10H17NO2/c1-8-5-9(13-7-12)6-10(2,3)11(8)4/h7,9H,1,5-6H2,2-4H3. The third kappa shape index (κ3) is 2.02. The zero-order valence-corrected chi connectivity index (χ0v) is 8.54. The Bertz CT molecular complexity index is 223. The quantitative estimate of drug-likeness (QED) is 0.608. The maximum atomic E-state index is 10.2. The third-order valence-corrected chi connectivity index (χ3v) is 2.82. The molecule has 0 saturated carbocycles. The van der Waals surface area contributed by atoms with Gasteiger partial charge in [0.25, 0.3) is 6.47 Å². The average Bonchev–Trinajstić information content (AvgIpc) is 2.00. The van der Waals surface area contributed by atoms with E-state index in [1.165, 1.54) is 0 Å². The van der Waals surface area contributed by atoms with E-state index in [-0.39, 0.29) is 11.6 Å². The molecule has 1 fully saturated rings. The molecule has 1 aliphatic rings. The largest absolute Gasteiger partial charge is 0.464 e. The highest BCUT2D eigenvalue weighted by Crippen LogP contribution is 2.32. The van der Waals surface area contributed by atoms with Crippen molar-refractivity contribution in [1.82, 2.24) is 4.90 Å². The van der Waals surface area contributed by atoms with Crippen molar-refractivity contribution in [1.29, 1.82) is 0 Å². The molecular weight excluding hydrogens is 166 g/mol. The molecule has 1 heterocycles. The van der Waals surface area contributed by atoms with Crippen LogP contribution in [0.2, 0.25) is 0 Å².